The third-order valence-corrected chi connectivity index (χ3v) is 4.93. The average Bonchev–Trinajstić information content (AvgIpc) is 3.14. The summed E-state index contributed by atoms with van der Waals surface area (Å²) in [7, 11) is 0. The van der Waals surface area contributed by atoms with Crippen LogP contribution in [0.2, 0.25) is 5.02 Å². The molecule has 4 heterocycles. The highest BCUT2D eigenvalue weighted by molar-refractivity contribution is 6.30. The summed E-state index contributed by atoms with van der Waals surface area (Å²) in [5, 5.41) is 6.76. The van der Waals surface area contributed by atoms with Crippen molar-refractivity contribution in [2.24, 2.45) is 11.8 Å². The zero-order chi connectivity index (χ0) is 16.7. The predicted octanol–water partition coefficient (Wildman–Crippen LogP) is 1.03. The van der Waals surface area contributed by atoms with Crippen LogP contribution < -0.4 is 10.5 Å². The first kappa shape index (κ1) is 15.1. The number of carbonyl (C=O) groups is 1. The number of hydrogen-bond donors (Lipinski definition) is 1. The number of pyridine rings is 1. The van der Waals surface area contributed by atoms with Gasteiger partial charge in [-0.2, -0.15) is 5.10 Å². The minimum absolute atomic E-state index is 0.128. The van der Waals surface area contributed by atoms with Gasteiger partial charge in [0.15, 0.2) is 0 Å². The third-order valence-electron chi connectivity index (χ3n) is 4.71. The topological polar surface area (TPSA) is 82.2 Å². The summed E-state index contributed by atoms with van der Waals surface area (Å²) < 4.78 is 0. The Balaban J connectivity index is 1.42. The molecule has 124 valence electrons. The van der Waals surface area contributed by atoms with E-state index in [9.17, 15) is 9.59 Å². The van der Waals surface area contributed by atoms with E-state index in [1.165, 1.54) is 12.1 Å². The minimum Gasteiger partial charge on any atom is -0.356 e. The number of carbonyl (C=O) groups excluding carboxylic acids is 1. The van der Waals surface area contributed by atoms with E-state index in [1.54, 1.807) is 6.20 Å². The molecule has 8 heteroatoms. The van der Waals surface area contributed by atoms with Crippen LogP contribution in [0.1, 0.15) is 10.5 Å². The van der Waals surface area contributed by atoms with Gasteiger partial charge in [-0.3, -0.25) is 9.59 Å². The van der Waals surface area contributed by atoms with Crippen molar-refractivity contribution in [2.75, 3.05) is 31.1 Å². The number of nitrogens with zero attached hydrogens (tertiary/aromatic N) is 4. The van der Waals surface area contributed by atoms with E-state index in [4.69, 9.17) is 11.6 Å². The first-order chi connectivity index (χ1) is 11.6. The second kappa shape index (κ2) is 5.90. The van der Waals surface area contributed by atoms with Crippen LogP contribution in [0, 0.1) is 11.8 Å². The van der Waals surface area contributed by atoms with Gasteiger partial charge in [0.1, 0.15) is 11.5 Å². The number of amides is 1. The van der Waals surface area contributed by atoms with Gasteiger partial charge >= 0.3 is 0 Å². The van der Waals surface area contributed by atoms with Gasteiger partial charge in [0.25, 0.3) is 11.5 Å². The van der Waals surface area contributed by atoms with Gasteiger partial charge < -0.3 is 9.80 Å². The summed E-state index contributed by atoms with van der Waals surface area (Å²) in [6.45, 7) is 3.16. The van der Waals surface area contributed by atoms with E-state index >= 15 is 0 Å². The van der Waals surface area contributed by atoms with E-state index in [0.29, 0.717) is 29.9 Å². The fraction of sp³-hybridized carbons (Fsp3) is 0.375. The van der Waals surface area contributed by atoms with Gasteiger partial charge in [-0.05, 0) is 18.2 Å². The van der Waals surface area contributed by atoms with Gasteiger partial charge in [-0.1, -0.05) is 11.6 Å². The van der Waals surface area contributed by atoms with E-state index in [0.717, 1.165) is 18.9 Å². The van der Waals surface area contributed by atoms with Gasteiger partial charge in [-0.15, -0.1) is 0 Å². The Morgan fingerprint density at radius 2 is 1.88 bits per heavy atom. The molecule has 2 unspecified atom stereocenters. The highest BCUT2D eigenvalue weighted by Gasteiger charge is 2.42. The van der Waals surface area contributed by atoms with Crippen LogP contribution in [0.25, 0.3) is 0 Å². The molecule has 2 atom stereocenters. The smallest absolute Gasteiger partial charge is 0.274 e. The lowest BCUT2D eigenvalue weighted by molar-refractivity contribution is 0.0775. The number of rotatable bonds is 2. The van der Waals surface area contributed by atoms with E-state index in [2.05, 4.69) is 20.1 Å². The lowest BCUT2D eigenvalue weighted by atomic mass is 10.0. The number of aromatic amines is 1. The molecule has 24 heavy (non-hydrogen) atoms. The van der Waals surface area contributed by atoms with E-state index in [-0.39, 0.29) is 17.2 Å². The van der Waals surface area contributed by atoms with Crippen LogP contribution in [0.3, 0.4) is 0 Å². The van der Waals surface area contributed by atoms with Crippen molar-refractivity contribution in [3.8, 4) is 0 Å². The third kappa shape index (κ3) is 2.75. The number of H-pyrrole nitrogens is 1. The Morgan fingerprint density at radius 3 is 2.46 bits per heavy atom. The summed E-state index contributed by atoms with van der Waals surface area (Å²) >= 11 is 5.88. The Bertz CT molecular complexity index is 787. The Kier molecular flexibility index (Phi) is 3.72. The van der Waals surface area contributed by atoms with Crippen LogP contribution in [0.5, 0.6) is 0 Å². The number of anilines is 1. The average molecular weight is 346 g/mol. The summed E-state index contributed by atoms with van der Waals surface area (Å²) in [4.78, 5) is 32.0. The van der Waals surface area contributed by atoms with Crippen molar-refractivity contribution >= 4 is 23.3 Å². The number of nitrogens with one attached hydrogen (secondary N) is 1. The number of halogens is 1. The number of hydrogen-bond acceptors (Lipinski definition) is 5. The zero-order valence-corrected chi connectivity index (χ0v) is 13.6. The number of likely N-dealkylation sites (tertiary alicyclic amines) is 1. The number of aromatic nitrogens is 3. The molecule has 2 aromatic rings. The molecule has 2 aliphatic rings. The Labute approximate surface area is 143 Å². The molecule has 1 amide bonds. The van der Waals surface area contributed by atoms with Crippen LogP contribution in [-0.2, 0) is 0 Å². The van der Waals surface area contributed by atoms with Gasteiger partial charge in [-0.25, -0.2) is 10.1 Å². The number of fused-ring (bicyclic) bond motifs is 1. The molecule has 7 nitrogen and oxygen atoms in total. The predicted molar refractivity (Wildman–Crippen MR) is 89.2 cm³/mol. The first-order valence-electron chi connectivity index (χ1n) is 7.81. The van der Waals surface area contributed by atoms with Crippen molar-refractivity contribution in [2.45, 2.75) is 0 Å². The molecule has 0 radical (unpaired) electrons. The second-order valence-corrected chi connectivity index (χ2v) is 6.71. The largest absolute Gasteiger partial charge is 0.356 e. The van der Waals surface area contributed by atoms with Crippen molar-refractivity contribution < 1.29 is 4.79 Å². The van der Waals surface area contributed by atoms with Crippen LogP contribution in [-0.4, -0.2) is 52.2 Å². The first-order valence-corrected chi connectivity index (χ1v) is 8.19. The van der Waals surface area contributed by atoms with Gasteiger partial charge in [0.05, 0.1) is 5.02 Å². The van der Waals surface area contributed by atoms with Crippen molar-refractivity contribution in [3.63, 3.8) is 0 Å². The minimum atomic E-state index is -0.309. The zero-order valence-electron chi connectivity index (χ0n) is 12.9. The van der Waals surface area contributed by atoms with Crippen LogP contribution in [0.4, 0.5) is 5.82 Å². The molecule has 2 fully saturated rings. The molecular formula is C16H16ClN5O2. The molecule has 0 aliphatic carbocycles. The molecule has 0 spiro atoms. The molecule has 1 N–H and O–H groups in total. The molecular weight excluding hydrogens is 330 g/mol. The molecule has 0 bridgehead atoms. The van der Waals surface area contributed by atoms with Gasteiger partial charge in [0.2, 0.25) is 0 Å². The maximum absolute atomic E-state index is 12.5. The lowest BCUT2D eigenvalue weighted by Gasteiger charge is -2.22. The van der Waals surface area contributed by atoms with Crippen LogP contribution in [0.15, 0.2) is 35.3 Å². The molecule has 2 saturated heterocycles. The van der Waals surface area contributed by atoms with Crippen molar-refractivity contribution in [1.29, 1.82) is 0 Å². The van der Waals surface area contributed by atoms with Gasteiger partial charge in [0, 0.05) is 50.3 Å². The van der Waals surface area contributed by atoms with Crippen molar-refractivity contribution in [3.05, 3.63) is 51.5 Å². The molecule has 2 aliphatic heterocycles. The normalized spacial score (nSPS) is 22.7. The SMILES string of the molecule is O=C(c1ccc(=O)[nH]n1)N1CC2CN(c3ccc(Cl)cn3)CC2C1. The van der Waals surface area contributed by atoms with Crippen molar-refractivity contribution in [1.82, 2.24) is 20.1 Å². The highest BCUT2D eigenvalue weighted by Crippen LogP contribution is 2.33. The monoisotopic (exact) mass is 345 g/mol. The summed E-state index contributed by atoms with van der Waals surface area (Å²) in [6.07, 6.45) is 1.66. The second-order valence-electron chi connectivity index (χ2n) is 6.28. The summed E-state index contributed by atoms with van der Waals surface area (Å²) in [5.74, 6) is 1.65. The standard InChI is InChI=1S/C16H16ClN5O2/c17-12-1-3-14(18-5-12)21-6-10-8-22(9-11(10)7-21)16(24)13-2-4-15(23)20-19-13/h1-5,10-11H,6-9H2,(H,20,23). The molecule has 2 aromatic heterocycles. The van der Waals surface area contributed by atoms with E-state index in [1.807, 2.05) is 17.0 Å². The lowest BCUT2D eigenvalue weighted by Crippen LogP contribution is -2.34. The Morgan fingerprint density at radius 1 is 1.12 bits per heavy atom. The molecule has 0 aromatic carbocycles. The Hall–Kier alpha value is -2.41. The van der Waals surface area contributed by atoms with E-state index < -0.39 is 0 Å². The summed E-state index contributed by atoms with van der Waals surface area (Å²) in [5.41, 5.74) is -0.0262. The maximum Gasteiger partial charge on any atom is 0.274 e. The van der Waals surface area contributed by atoms with Crippen LogP contribution >= 0.6 is 11.6 Å². The molecule has 0 saturated carbocycles. The maximum atomic E-state index is 12.5. The fourth-order valence-electron chi connectivity index (χ4n) is 3.53. The fourth-order valence-corrected chi connectivity index (χ4v) is 3.64. The summed E-state index contributed by atoms with van der Waals surface area (Å²) in [6, 6.07) is 6.57. The highest BCUT2D eigenvalue weighted by atomic mass is 35.5. The quantitative estimate of drug-likeness (QED) is 0.879. The molecule has 4 rings (SSSR count).